The van der Waals surface area contributed by atoms with Crippen LogP contribution in [0.1, 0.15) is 24.7 Å². The summed E-state index contributed by atoms with van der Waals surface area (Å²) in [4.78, 5) is 21.3. The Morgan fingerprint density at radius 1 is 1.27 bits per heavy atom. The van der Waals surface area contributed by atoms with Crippen LogP contribution < -0.4 is 10.3 Å². The SMILES string of the molecule is COc1cccc(-c2csc3nc(C)n(C4CCN(C)CC4)c(=O)c23)c1. The van der Waals surface area contributed by atoms with Crippen molar-refractivity contribution in [3.8, 4) is 16.9 Å². The third-order valence-electron chi connectivity index (χ3n) is 5.25. The van der Waals surface area contributed by atoms with E-state index in [1.54, 1.807) is 7.11 Å². The van der Waals surface area contributed by atoms with Gasteiger partial charge in [0.05, 0.1) is 12.5 Å². The quantitative estimate of drug-likeness (QED) is 0.706. The Bertz CT molecular complexity index is 1000. The van der Waals surface area contributed by atoms with Crippen molar-refractivity contribution in [1.29, 1.82) is 0 Å². The summed E-state index contributed by atoms with van der Waals surface area (Å²) in [5.74, 6) is 1.61. The molecule has 0 bridgehead atoms. The first-order valence-corrected chi connectivity index (χ1v) is 9.79. The molecule has 5 nitrogen and oxygen atoms in total. The van der Waals surface area contributed by atoms with Crippen molar-refractivity contribution in [2.75, 3.05) is 27.2 Å². The number of benzene rings is 1. The number of rotatable bonds is 3. The minimum atomic E-state index is 0.0844. The molecule has 0 aliphatic carbocycles. The highest BCUT2D eigenvalue weighted by Crippen LogP contribution is 2.33. The maximum absolute atomic E-state index is 13.4. The van der Waals surface area contributed by atoms with Crippen molar-refractivity contribution in [1.82, 2.24) is 14.5 Å². The van der Waals surface area contributed by atoms with Gasteiger partial charge in [0.1, 0.15) is 16.4 Å². The highest BCUT2D eigenvalue weighted by molar-refractivity contribution is 7.17. The predicted octanol–water partition coefficient (Wildman–Crippen LogP) is 3.71. The van der Waals surface area contributed by atoms with Crippen molar-refractivity contribution in [3.63, 3.8) is 0 Å². The van der Waals surface area contributed by atoms with Gasteiger partial charge in [0, 0.05) is 17.0 Å². The number of fused-ring (bicyclic) bond motifs is 1. The highest BCUT2D eigenvalue weighted by atomic mass is 32.1. The van der Waals surface area contributed by atoms with Crippen LogP contribution in [0, 0.1) is 6.92 Å². The van der Waals surface area contributed by atoms with Gasteiger partial charge in [-0.3, -0.25) is 9.36 Å². The Labute approximate surface area is 156 Å². The minimum absolute atomic E-state index is 0.0844. The summed E-state index contributed by atoms with van der Waals surface area (Å²) >= 11 is 1.53. The van der Waals surface area contributed by atoms with Crippen LogP contribution in [0.2, 0.25) is 0 Å². The zero-order chi connectivity index (χ0) is 18.3. The first kappa shape index (κ1) is 17.2. The van der Waals surface area contributed by atoms with Gasteiger partial charge in [-0.1, -0.05) is 12.1 Å². The van der Waals surface area contributed by atoms with E-state index in [1.807, 2.05) is 41.1 Å². The van der Waals surface area contributed by atoms with Crippen molar-refractivity contribution in [2.24, 2.45) is 0 Å². The first-order chi connectivity index (χ1) is 12.6. The van der Waals surface area contributed by atoms with Crippen LogP contribution in [0.5, 0.6) is 5.75 Å². The van der Waals surface area contributed by atoms with E-state index >= 15 is 0 Å². The Balaban J connectivity index is 1.87. The molecule has 2 aromatic heterocycles. The average Bonchev–Trinajstić information content (AvgIpc) is 3.07. The number of methoxy groups -OCH3 is 1. The molecule has 136 valence electrons. The van der Waals surface area contributed by atoms with Crippen molar-refractivity contribution >= 4 is 21.6 Å². The summed E-state index contributed by atoms with van der Waals surface area (Å²) < 4.78 is 7.27. The molecule has 0 spiro atoms. The lowest BCUT2D eigenvalue weighted by molar-refractivity contribution is 0.216. The van der Waals surface area contributed by atoms with Gasteiger partial charge in [0.15, 0.2) is 0 Å². The maximum atomic E-state index is 13.4. The molecular weight excluding hydrogens is 346 g/mol. The number of hydrogen-bond acceptors (Lipinski definition) is 5. The van der Waals surface area contributed by atoms with Crippen molar-refractivity contribution in [3.05, 3.63) is 45.8 Å². The van der Waals surface area contributed by atoms with E-state index < -0.39 is 0 Å². The summed E-state index contributed by atoms with van der Waals surface area (Å²) in [5, 5.41) is 2.76. The molecule has 3 aromatic rings. The number of nitrogens with zero attached hydrogens (tertiary/aromatic N) is 3. The molecule has 0 unspecified atom stereocenters. The zero-order valence-electron chi connectivity index (χ0n) is 15.4. The molecular formula is C20H23N3O2S. The third-order valence-corrected chi connectivity index (χ3v) is 6.12. The molecule has 0 atom stereocenters. The van der Waals surface area contributed by atoms with Crippen LogP contribution in [-0.4, -0.2) is 41.7 Å². The van der Waals surface area contributed by atoms with Gasteiger partial charge in [-0.25, -0.2) is 4.98 Å². The van der Waals surface area contributed by atoms with E-state index in [1.165, 1.54) is 11.3 Å². The molecule has 6 heteroatoms. The normalized spacial score (nSPS) is 16.3. The number of piperidine rings is 1. The molecule has 0 saturated carbocycles. The number of aromatic nitrogens is 2. The number of aryl methyl sites for hydroxylation is 1. The molecule has 1 fully saturated rings. The van der Waals surface area contributed by atoms with Crippen molar-refractivity contribution in [2.45, 2.75) is 25.8 Å². The largest absolute Gasteiger partial charge is 0.497 e. The predicted molar refractivity (Wildman–Crippen MR) is 106 cm³/mol. The standard InChI is InChI=1S/C20H23N3O2S/c1-13-21-19-18(20(24)23(13)15-7-9-22(2)10-8-15)17(12-26-19)14-5-4-6-16(11-14)25-3/h4-6,11-12,15H,7-10H2,1-3H3. The van der Waals surface area contributed by atoms with Gasteiger partial charge in [-0.15, -0.1) is 11.3 Å². The fourth-order valence-corrected chi connectivity index (χ4v) is 4.77. The number of hydrogen-bond donors (Lipinski definition) is 0. The molecule has 4 rings (SSSR count). The Morgan fingerprint density at radius 2 is 2.04 bits per heavy atom. The van der Waals surface area contributed by atoms with Crippen LogP contribution in [0.25, 0.3) is 21.3 Å². The number of likely N-dealkylation sites (tertiary alicyclic amines) is 1. The van der Waals surface area contributed by atoms with Crippen LogP contribution in [-0.2, 0) is 0 Å². The second-order valence-electron chi connectivity index (χ2n) is 6.93. The van der Waals surface area contributed by atoms with Gasteiger partial charge < -0.3 is 9.64 Å². The second-order valence-corrected chi connectivity index (χ2v) is 7.79. The Kier molecular flexibility index (Phi) is 4.54. The fraction of sp³-hybridized carbons (Fsp3) is 0.400. The van der Waals surface area contributed by atoms with Crippen LogP contribution in [0.3, 0.4) is 0 Å². The van der Waals surface area contributed by atoms with Gasteiger partial charge in [-0.05, 0) is 57.6 Å². The minimum Gasteiger partial charge on any atom is -0.497 e. The molecule has 0 N–H and O–H groups in total. The lowest BCUT2D eigenvalue weighted by Gasteiger charge is -2.31. The zero-order valence-corrected chi connectivity index (χ0v) is 16.2. The van der Waals surface area contributed by atoms with Gasteiger partial charge in [0.2, 0.25) is 0 Å². The van der Waals surface area contributed by atoms with Crippen LogP contribution in [0.4, 0.5) is 0 Å². The molecule has 1 aromatic carbocycles. The van der Waals surface area contributed by atoms with E-state index in [0.29, 0.717) is 0 Å². The summed E-state index contributed by atoms with van der Waals surface area (Å²) in [7, 11) is 3.79. The highest BCUT2D eigenvalue weighted by Gasteiger charge is 2.23. The second kappa shape index (κ2) is 6.85. The van der Waals surface area contributed by atoms with E-state index in [2.05, 4.69) is 11.9 Å². The topological polar surface area (TPSA) is 47.4 Å². The summed E-state index contributed by atoms with van der Waals surface area (Å²) in [5.41, 5.74) is 2.03. The molecule has 26 heavy (non-hydrogen) atoms. The van der Waals surface area contributed by atoms with Gasteiger partial charge >= 0.3 is 0 Å². The van der Waals surface area contributed by atoms with Crippen molar-refractivity contribution < 1.29 is 4.74 Å². The van der Waals surface area contributed by atoms with Crippen LogP contribution >= 0.6 is 11.3 Å². The Morgan fingerprint density at radius 3 is 2.77 bits per heavy atom. The third kappa shape index (κ3) is 2.93. The summed E-state index contributed by atoms with van der Waals surface area (Å²) in [6, 6.07) is 8.09. The monoisotopic (exact) mass is 369 g/mol. The van der Waals surface area contributed by atoms with E-state index in [0.717, 1.165) is 58.8 Å². The lowest BCUT2D eigenvalue weighted by Crippen LogP contribution is -2.36. The molecule has 1 aliphatic rings. The van der Waals surface area contributed by atoms with Crippen LogP contribution in [0.15, 0.2) is 34.4 Å². The van der Waals surface area contributed by atoms with Gasteiger partial charge in [-0.2, -0.15) is 0 Å². The maximum Gasteiger partial charge on any atom is 0.263 e. The molecule has 1 saturated heterocycles. The number of ether oxygens (including phenoxy) is 1. The molecule has 1 aliphatic heterocycles. The first-order valence-electron chi connectivity index (χ1n) is 8.92. The van der Waals surface area contributed by atoms with E-state index in [4.69, 9.17) is 9.72 Å². The molecule has 3 heterocycles. The molecule has 0 radical (unpaired) electrons. The van der Waals surface area contributed by atoms with E-state index in [9.17, 15) is 4.79 Å². The Hall–Kier alpha value is -2.18. The summed E-state index contributed by atoms with van der Waals surface area (Å²) in [6.45, 7) is 3.98. The lowest BCUT2D eigenvalue weighted by atomic mass is 10.0. The fourth-order valence-electron chi connectivity index (χ4n) is 3.79. The average molecular weight is 369 g/mol. The summed E-state index contributed by atoms with van der Waals surface area (Å²) in [6.07, 6.45) is 1.98. The smallest absolute Gasteiger partial charge is 0.263 e. The molecule has 0 amide bonds. The number of thiophene rings is 1. The van der Waals surface area contributed by atoms with Gasteiger partial charge in [0.25, 0.3) is 5.56 Å². The van der Waals surface area contributed by atoms with E-state index in [-0.39, 0.29) is 11.6 Å².